The van der Waals surface area contributed by atoms with E-state index < -0.39 is 5.97 Å². The maximum atomic E-state index is 11.7. The Hall–Kier alpha value is -3.48. The number of benzene rings is 1. The Morgan fingerprint density at radius 2 is 2.18 bits per heavy atom. The molecule has 1 saturated heterocycles. The van der Waals surface area contributed by atoms with Gasteiger partial charge in [0.05, 0.1) is 35.5 Å². The van der Waals surface area contributed by atoms with Gasteiger partial charge in [0.2, 0.25) is 0 Å². The van der Waals surface area contributed by atoms with Crippen molar-refractivity contribution in [2.75, 3.05) is 29.9 Å². The molecule has 3 aromatic rings. The first-order chi connectivity index (χ1) is 16.3. The molecule has 0 saturated carbocycles. The monoisotopic (exact) mass is 480 g/mol. The van der Waals surface area contributed by atoms with E-state index in [1.165, 1.54) is 6.07 Å². The molecule has 2 atom stereocenters. The number of hydrogen-bond donors (Lipinski definition) is 2. The van der Waals surface area contributed by atoms with E-state index in [9.17, 15) is 15.2 Å². The number of nitrogens with one attached hydrogen (secondary N) is 1. The number of aromatic nitrogens is 3. The number of anilines is 2. The molecule has 1 fully saturated rings. The molecule has 2 aromatic heterocycles. The second-order valence-corrected chi connectivity index (χ2v) is 8.67. The molecule has 3 heterocycles. The molecule has 1 aromatic carbocycles. The second-order valence-electron chi connectivity index (χ2n) is 8.28. The van der Waals surface area contributed by atoms with Gasteiger partial charge in [-0.1, -0.05) is 24.6 Å². The topological polar surface area (TPSA) is 124 Å². The highest BCUT2D eigenvalue weighted by Crippen LogP contribution is 2.31. The third kappa shape index (κ3) is 4.74. The number of morpholine rings is 1. The van der Waals surface area contributed by atoms with Crippen LogP contribution in [0.4, 0.5) is 11.5 Å². The van der Waals surface area contributed by atoms with Crippen molar-refractivity contribution in [3.8, 4) is 6.07 Å². The molecule has 4 rings (SSSR count). The molecule has 2 N–H and O–H groups in total. The zero-order valence-corrected chi connectivity index (χ0v) is 19.9. The van der Waals surface area contributed by atoms with Gasteiger partial charge in [0.1, 0.15) is 11.2 Å². The smallest absolute Gasteiger partial charge is 0.356 e. The first kappa shape index (κ1) is 23.7. The molecule has 1 aliphatic rings. The minimum absolute atomic E-state index is 0.0720. The lowest BCUT2D eigenvalue weighted by Gasteiger charge is -2.33. The number of pyridine rings is 1. The van der Waals surface area contributed by atoms with Crippen LogP contribution in [0.3, 0.4) is 0 Å². The Morgan fingerprint density at radius 3 is 2.88 bits per heavy atom. The number of halogens is 1. The van der Waals surface area contributed by atoms with Gasteiger partial charge in [0.15, 0.2) is 17.2 Å². The summed E-state index contributed by atoms with van der Waals surface area (Å²) >= 11 is 5.89. The van der Waals surface area contributed by atoms with E-state index in [0.29, 0.717) is 42.2 Å². The fourth-order valence-electron chi connectivity index (χ4n) is 4.13. The van der Waals surface area contributed by atoms with Gasteiger partial charge < -0.3 is 20.1 Å². The summed E-state index contributed by atoms with van der Waals surface area (Å²) in [5, 5.41) is 22.7. The van der Waals surface area contributed by atoms with Crippen LogP contribution in [0.15, 0.2) is 24.3 Å². The SMILES string of the molecule is CC[C@H]1CN(c2nc3c([C@@H](C)Nc4ccc(Cl)nc4C(=O)O)cc(C)cc3nc2C#N)CCO1. The molecule has 176 valence electrons. The Balaban J connectivity index is 1.78. The molecule has 0 aliphatic carbocycles. The van der Waals surface area contributed by atoms with Crippen LogP contribution in [0.1, 0.15) is 53.6 Å². The lowest BCUT2D eigenvalue weighted by molar-refractivity contribution is 0.0381. The largest absolute Gasteiger partial charge is 0.476 e. The van der Waals surface area contributed by atoms with Crippen molar-refractivity contribution < 1.29 is 14.6 Å². The number of carboxylic acids is 1. The van der Waals surface area contributed by atoms with Crippen molar-refractivity contribution in [1.82, 2.24) is 15.0 Å². The van der Waals surface area contributed by atoms with Crippen molar-refractivity contribution in [3.63, 3.8) is 0 Å². The molecule has 0 spiro atoms. The molecule has 0 radical (unpaired) electrons. The molecule has 1 aliphatic heterocycles. The zero-order valence-electron chi connectivity index (χ0n) is 19.2. The highest BCUT2D eigenvalue weighted by molar-refractivity contribution is 6.29. The summed E-state index contributed by atoms with van der Waals surface area (Å²) in [7, 11) is 0. The van der Waals surface area contributed by atoms with E-state index in [1.807, 2.05) is 26.0 Å². The summed E-state index contributed by atoms with van der Waals surface area (Å²) in [4.78, 5) is 27.2. The number of hydrogen-bond acceptors (Lipinski definition) is 8. The van der Waals surface area contributed by atoms with Crippen LogP contribution >= 0.6 is 11.6 Å². The zero-order chi connectivity index (χ0) is 24.4. The quantitative estimate of drug-likeness (QED) is 0.495. The average Bonchev–Trinajstić information content (AvgIpc) is 2.83. The summed E-state index contributed by atoms with van der Waals surface area (Å²) in [6.07, 6.45) is 0.939. The van der Waals surface area contributed by atoms with Crippen LogP contribution in [-0.4, -0.2) is 51.8 Å². The number of aryl methyl sites for hydroxylation is 1. The fraction of sp³-hybridized carbons (Fsp3) is 0.375. The third-order valence-electron chi connectivity index (χ3n) is 5.83. The highest BCUT2D eigenvalue weighted by Gasteiger charge is 2.25. The fourth-order valence-corrected chi connectivity index (χ4v) is 4.28. The number of rotatable bonds is 6. The third-order valence-corrected chi connectivity index (χ3v) is 6.04. The molecule has 9 nitrogen and oxygen atoms in total. The van der Waals surface area contributed by atoms with Crippen LogP contribution in [0.2, 0.25) is 5.15 Å². The summed E-state index contributed by atoms with van der Waals surface area (Å²) in [5.41, 5.74) is 3.51. The molecule has 0 bridgehead atoms. The number of aromatic carboxylic acids is 1. The number of nitriles is 1. The van der Waals surface area contributed by atoms with Gasteiger partial charge in [0.25, 0.3) is 0 Å². The van der Waals surface area contributed by atoms with Crippen molar-refractivity contribution in [2.24, 2.45) is 0 Å². The van der Waals surface area contributed by atoms with E-state index in [2.05, 4.69) is 33.2 Å². The number of carboxylic acid groups (broad SMARTS) is 1. The number of carbonyl (C=O) groups is 1. The van der Waals surface area contributed by atoms with Gasteiger partial charge in [-0.15, -0.1) is 0 Å². The van der Waals surface area contributed by atoms with Gasteiger partial charge in [0, 0.05) is 18.7 Å². The number of fused-ring (bicyclic) bond motifs is 1. The normalized spacial score (nSPS) is 16.8. The minimum Gasteiger partial charge on any atom is -0.476 e. The molecular formula is C24H25ClN6O3. The number of nitrogens with zero attached hydrogens (tertiary/aromatic N) is 5. The molecule has 0 amide bonds. The summed E-state index contributed by atoms with van der Waals surface area (Å²) in [5.74, 6) is -0.640. The first-order valence-corrected chi connectivity index (χ1v) is 11.4. The van der Waals surface area contributed by atoms with Crippen molar-refractivity contribution >= 4 is 40.1 Å². The minimum atomic E-state index is -1.18. The van der Waals surface area contributed by atoms with E-state index in [-0.39, 0.29) is 28.7 Å². The summed E-state index contributed by atoms with van der Waals surface area (Å²) < 4.78 is 5.78. The molecule has 34 heavy (non-hydrogen) atoms. The lowest BCUT2D eigenvalue weighted by atomic mass is 10.0. The standard InChI is InChI=1S/C24H25ClN6O3/c1-4-15-12-31(7-8-34-15)23-19(11-26)28-18-10-13(2)9-16(21(18)30-23)14(3)27-17-5-6-20(25)29-22(17)24(32)33/h5-6,9-10,14-15,27H,4,7-8,12H2,1-3H3,(H,32,33)/t14-,15+/m1/s1. The van der Waals surface area contributed by atoms with E-state index in [1.54, 1.807) is 6.07 Å². The molecular weight excluding hydrogens is 456 g/mol. The predicted octanol–water partition coefficient (Wildman–Crippen LogP) is 4.34. The van der Waals surface area contributed by atoms with Crippen LogP contribution in [0, 0.1) is 18.3 Å². The van der Waals surface area contributed by atoms with E-state index in [0.717, 1.165) is 17.5 Å². The second kappa shape index (κ2) is 9.79. The maximum absolute atomic E-state index is 11.7. The Kier molecular flexibility index (Phi) is 6.82. The Morgan fingerprint density at radius 1 is 1.38 bits per heavy atom. The van der Waals surface area contributed by atoms with Gasteiger partial charge in [-0.05, 0) is 44.0 Å². The van der Waals surface area contributed by atoms with Crippen LogP contribution in [0.25, 0.3) is 11.0 Å². The van der Waals surface area contributed by atoms with Crippen LogP contribution in [-0.2, 0) is 4.74 Å². The van der Waals surface area contributed by atoms with E-state index >= 15 is 0 Å². The van der Waals surface area contributed by atoms with Gasteiger partial charge in [-0.25, -0.2) is 19.7 Å². The average molecular weight is 481 g/mol. The summed E-state index contributed by atoms with van der Waals surface area (Å²) in [6.45, 7) is 7.74. The van der Waals surface area contributed by atoms with Crippen molar-refractivity contribution in [3.05, 3.63) is 51.9 Å². The molecule has 0 unspecified atom stereocenters. The molecule has 10 heteroatoms. The van der Waals surface area contributed by atoms with Crippen LogP contribution in [0.5, 0.6) is 0 Å². The van der Waals surface area contributed by atoms with Crippen LogP contribution < -0.4 is 10.2 Å². The predicted molar refractivity (Wildman–Crippen MR) is 129 cm³/mol. The van der Waals surface area contributed by atoms with Gasteiger partial charge >= 0.3 is 5.97 Å². The van der Waals surface area contributed by atoms with Crippen molar-refractivity contribution in [1.29, 1.82) is 5.26 Å². The summed E-state index contributed by atoms with van der Waals surface area (Å²) in [6, 6.07) is 8.88. The highest BCUT2D eigenvalue weighted by atomic mass is 35.5. The number of ether oxygens (including phenoxy) is 1. The van der Waals surface area contributed by atoms with Gasteiger partial charge in [-0.3, -0.25) is 0 Å². The lowest BCUT2D eigenvalue weighted by Crippen LogP contribution is -2.43. The van der Waals surface area contributed by atoms with E-state index in [4.69, 9.17) is 21.3 Å². The Labute approximate surface area is 202 Å². The maximum Gasteiger partial charge on any atom is 0.356 e. The van der Waals surface area contributed by atoms with Crippen molar-refractivity contribution in [2.45, 2.75) is 39.3 Å². The first-order valence-electron chi connectivity index (χ1n) is 11.1. The Bertz CT molecular complexity index is 1290. The van der Waals surface area contributed by atoms with Gasteiger partial charge in [-0.2, -0.15) is 5.26 Å².